The molecule has 0 radical (unpaired) electrons. The molecule has 4 aromatic rings. The van der Waals surface area contributed by atoms with Crippen LogP contribution in [0.4, 0.5) is 0 Å². The molecule has 0 aliphatic carbocycles. The molecular formula is C45H66O6. The number of rotatable bonds is 27. The Labute approximate surface area is 308 Å². The maximum Gasteiger partial charge on any atom is 0.161 e. The van der Waals surface area contributed by atoms with Crippen LogP contribution in [0.3, 0.4) is 0 Å². The summed E-state index contributed by atoms with van der Waals surface area (Å²) in [7, 11) is 5.16. The van der Waals surface area contributed by atoms with Gasteiger partial charge < -0.3 is 28.4 Å². The van der Waals surface area contributed by atoms with E-state index < -0.39 is 0 Å². The Morgan fingerprint density at radius 2 is 0.510 bits per heavy atom. The molecule has 4 aromatic carbocycles. The quantitative estimate of drug-likeness (QED) is 0.0455. The maximum atomic E-state index is 6.42. The summed E-state index contributed by atoms with van der Waals surface area (Å²) in [5.41, 5.74) is 0. The molecule has 0 heterocycles. The second-order valence-electron chi connectivity index (χ2n) is 14.0. The van der Waals surface area contributed by atoms with Crippen molar-refractivity contribution in [2.45, 2.75) is 136 Å². The van der Waals surface area contributed by atoms with Crippen LogP contribution < -0.4 is 28.4 Å². The Morgan fingerprint density at radius 3 is 0.745 bits per heavy atom. The van der Waals surface area contributed by atoms with E-state index in [0.29, 0.717) is 19.8 Å². The van der Waals surface area contributed by atoms with E-state index >= 15 is 0 Å². The predicted molar refractivity (Wildman–Crippen MR) is 215 cm³/mol. The monoisotopic (exact) mass is 702 g/mol. The molecule has 0 aliphatic heterocycles. The third kappa shape index (κ3) is 11.5. The van der Waals surface area contributed by atoms with Crippen molar-refractivity contribution in [1.29, 1.82) is 0 Å². The lowest BCUT2D eigenvalue weighted by atomic mass is 9.93. The summed E-state index contributed by atoms with van der Waals surface area (Å²) in [5, 5.41) is 6.42. The number of hydrogen-bond acceptors (Lipinski definition) is 6. The minimum absolute atomic E-state index is 0.660. The van der Waals surface area contributed by atoms with Crippen LogP contribution in [-0.2, 0) is 0 Å². The van der Waals surface area contributed by atoms with Crippen molar-refractivity contribution < 1.29 is 28.4 Å². The third-order valence-corrected chi connectivity index (χ3v) is 10.0. The lowest BCUT2D eigenvalue weighted by Gasteiger charge is -2.19. The average Bonchev–Trinajstić information content (AvgIpc) is 3.16. The smallest absolute Gasteiger partial charge is 0.161 e. The molecule has 0 bridgehead atoms. The predicted octanol–water partition coefficient (Wildman–Crippen LogP) is 13.4. The molecule has 4 rings (SSSR count). The second-order valence-corrected chi connectivity index (χ2v) is 14.0. The van der Waals surface area contributed by atoms with Gasteiger partial charge in [-0.15, -0.1) is 0 Å². The Morgan fingerprint density at radius 1 is 0.294 bits per heavy atom. The van der Waals surface area contributed by atoms with Gasteiger partial charge in [-0.2, -0.15) is 0 Å². The Balaban J connectivity index is 1.74. The lowest BCUT2D eigenvalue weighted by Crippen LogP contribution is -2.02. The zero-order valence-corrected chi connectivity index (χ0v) is 32.8. The van der Waals surface area contributed by atoms with Gasteiger partial charge in [0.1, 0.15) is 0 Å². The molecule has 0 N–H and O–H groups in total. The minimum Gasteiger partial charge on any atom is -0.493 e. The Hall–Kier alpha value is -3.54. The zero-order chi connectivity index (χ0) is 36.3. The SMILES string of the molecule is CCCCCCCCOc1cc2c(cc1OC)c1cc(OCCCCCCCC)c(OC)cc1c1cc(OCCCCCCCC)c(OC)cc21. The number of methoxy groups -OCH3 is 3. The molecule has 0 spiro atoms. The first-order valence-electron chi connectivity index (χ1n) is 20.2. The average molecular weight is 703 g/mol. The molecule has 6 nitrogen and oxygen atoms in total. The number of hydrogen-bond donors (Lipinski definition) is 0. The first-order chi connectivity index (χ1) is 25.1. The van der Waals surface area contributed by atoms with Crippen LogP contribution in [0.5, 0.6) is 34.5 Å². The van der Waals surface area contributed by atoms with E-state index in [1.807, 2.05) is 0 Å². The fourth-order valence-corrected chi connectivity index (χ4v) is 7.03. The summed E-state index contributed by atoms with van der Waals surface area (Å²) in [6.07, 6.45) is 21.9. The molecule has 0 atom stereocenters. The van der Waals surface area contributed by atoms with Crippen LogP contribution >= 0.6 is 0 Å². The summed E-state index contributed by atoms with van der Waals surface area (Å²) in [4.78, 5) is 0. The number of ether oxygens (including phenoxy) is 6. The van der Waals surface area contributed by atoms with Crippen molar-refractivity contribution in [3.8, 4) is 34.5 Å². The molecule has 6 heteroatoms. The summed E-state index contributed by atoms with van der Waals surface area (Å²) < 4.78 is 37.1. The largest absolute Gasteiger partial charge is 0.493 e. The molecule has 282 valence electrons. The van der Waals surface area contributed by atoms with Crippen molar-refractivity contribution >= 4 is 32.3 Å². The minimum atomic E-state index is 0.660. The standard InChI is InChI=1S/C45H66O6/c1-7-10-13-16-19-22-25-49-43-31-37-34(28-40(43)46-4)38-32-44(50-26-23-20-17-14-11-8-2)42(48-6)30-36(38)39-33-45(41(47-5)29-35(37)39)51-27-24-21-18-15-12-9-3/h28-33H,7-27H2,1-6H3. The molecular weight excluding hydrogens is 636 g/mol. The van der Waals surface area contributed by atoms with Crippen molar-refractivity contribution in [3.05, 3.63) is 36.4 Å². The van der Waals surface area contributed by atoms with E-state index in [4.69, 9.17) is 28.4 Å². The summed E-state index contributed by atoms with van der Waals surface area (Å²) in [6.45, 7) is 8.74. The molecule has 0 aromatic heterocycles. The highest BCUT2D eigenvalue weighted by Crippen LogP contribution is 2.47. The van der Waals surface area contributed by atoms with E-state index in [2.05, 4.69) is 57.2 Å². The van der Waals surface area contributed by atoms with Gasteiger partial charge in [0, 0.05) is 0 Å². The van der Waals surface area contributed by atoms with Gasteiger partial charge >= 0.3 is 0 Å². The van der Waals surface area contributed by atoms with Crippen LogP contribution in [0.2, 0.25) is 0 Å². The Bertz CT molecular complexity index is 1390. The summed E-state index contributed by atoms with van der Waals surface area (Å²) in [5.74, 6) is 4.46. The molecule has 51 heavy (non-hydrogen) atoms. The molecule has 0 saturated carbocycles. The number of benzene rings is 4. The first-order valence-corrected chi connectivity index (χ1v) is 20.2. The second kappa shape index (κ2) is 22.4. The maximum absolute atomic E-state index is 6.42. The van der Waals surface area contributed by atoms with Gasteiger partial charge in [0.2, 0.25) is 0 Å². The zero-order valence-electron chi connectivity index (χ0n) is 32.8. The van der Waals surface area contributed by atoms with E-state index in [1.165, 1.54) is 96.3 Å². The van der Waals surface area contributed by atoms with Gasteiger partial charge in [-0.3, -0.25) is 0 Å². The summed E-state index contributed by atoms with van der Waals surface area (Å²) in [6, 6.07) is 12.8. The van der Waals surface area contributed by atoms with Crippen LogP contribution in [0.1, 0.15) is 136 Å². The third-order valence-electron chi connectivity index (χ3n) is 10.0. The highest BCUT2D eigenvalue weighted by atomic mass is 16.5. The van der Waals surface area contributed by atoms with E-state index in [0.717, 1.165) is 86.1 Å². The molecule has 0 aliphatic rings. The molecule has 0 unspecified atom stereocenters. The molecule has 0 saturated heterocycles. The highest BCUT2D eigenvalue weighted by molar-refractivity contribution is 6.26. The van der Waals surface area contributed by atoms with Crippen molar-refractivity contribution in [1.82, 2.24) is 0 Å². The fourth-order valence-electron chi connectivity index (χ4n) is 7.03. The van der Waals surface area contributed by atoms with Crippen LogP contribution in [0, 0.1) is 0 Å². The normalized spacial score (nSPS) is 11.4. The molecule has 0 amide bonds. The van der Waals surface area contributed by atoms with Gasteiger partial charge in [0.25, 0.3) is 0 Å². The van der Waals surface area contributed by atoms with Crippen molar-refractivity contribution in [3.63, 3.8) is 0 Å². The van der Waals surface area contributed by atoms with Crippen LogP contribution in [-0.4, -0.2) is 41.2 Å². The van der Waals surface area contributed by atoms with Crippen LogP contribution in [0.25, 0.3) is 32.3 Å². The van der Waals surface area contributed by atoms with E-state index in [9.17, 15) is 0 Å². The van der Waals surface area contributed by atoms with Gasteiger partial charge in [-0.05, 0) is 88.0 Å². The Kier molecular flexibility index (Phi) is 17.7. The lowest BCUT2D eigenvalue weighted by molar-refractivity contribution is 0.285. The first kappa shape index (κ1) is 40.2. The summed E-state index contributed by atoms with van der Waals surface area (Å²) >= 11 is 0. The van der Waals surface area contributed by atoms with Crippen molar-refractivity contribution in [2.24, 2.45) is 0 Å². The van der Waals surface area contributed by atoms with E-state index in [1.54, 1.807) is 21.3 Å². The van der Waals surface area contributed by atoms with Gasteiger partial charge in [-0.25, -0.2) is 0 Å². The number of unbranched alkanes of at least 4 members (excludes halogenated alkanes) is 15. The number of fused-ring (bicyclic) bond motifs is 6. The molecule has 0 fully saturated rings. The van der Waals surface area contributed by atoms with Gasteiger partial charge in [-0.1, -0.05) is 117 Å². The van der Waals surface area contributed by atoms with Gasteiger partial charge in [0.15, 0.2) is 34.5 Å². The van der Waals surface area contributed by atoms with Gasteiger partial charge in [0.05, 0.1) is 41.2 Å². The van der Waals surface area contributed by atoms with Crippen LogP contribution in [0.15, 0.2) is 36.4 Å². The van der Waals surface area contributed by atoms with E-state index in [-0.39, 0.29) is 0 Å². The highest BCUT2D eigenvalue weighted by Gasteiger charge is 2.19. The topological polar surface area (TPSA) is 55.4 Å². The van der Waals surface area contributed by atoms with Crippen molar-refractivity contribution in [2.75, 3.05) is 41.2 Å². The fraction of sp³-hybridized carbons (Fsp3) is 0.600.